The Kier molecular flexibility index (Phi) is 110. The van der Waals surface area contributed by atoms with Crippen molar-refractivity contribution in [3.05, 3.63) is 0 Å². The van der Waals surface area contributed by atoms with E-state index >= 15 is 0 Å². The number of rotatable bonds is 0. The zero-order valence-electron chi connectivity index (χ0n) is 17.0. The van der Waals surface area contributed by atoms with Crippen molar-refractivity contribution in [2.24, 2.45) is 0 Å². The van der Waals surface area contributed by atoms with Crippen molar-refractivity contribution in [1.29, 1.82) is 0 Å². The third kappa shape index (κ3) is 420. The Morgan fingerprint density at radius 1 is 0.300 bits per heavy atom. The zero-order valence-corrected chi connectivity index (χ0v) is 31.4. The number of hydrogen-bond acceptors (Lipinski definition) is 0. The summed E-state index contributed by atoms with van der Waals surface area (Å²) in [5, 5.41) is 0. The van der Waals surface area contributed by atoms with Gasteiger partial charge in [-0.2, -0.15) is 0 Å². The molecule has 0 aromatic carbocycles. The van der Waals surface area contributed by atoms with Crippen molar-refractivity contribution in [2.45, 2.75) is 78.6 Å². The third-order valence-electron chi connectivity index (χ3n) is 0. The van der Waals surface area contributed by atoms with Crippen LogP contribution in [0.15, 0.2) is 0 Å². The van der Waals surface area contributed by atoms with Gasteiger partial charge in [-0.25, -0.2) is 0 Å². The van der Waals surface area contributed by atoms with Gasteiger partial charge >= 0.3 is 0 Å². The summed E-state index contributed by atoms with van der Waals surface area (Å²) in [5.74, 6) is 0. The molecule has 0 rings (SSSR count). The largest absolute Gasteiger partial charge is 0.0715 e. The van der Waals surface area contributed by atoms with Crippen molar-refractivity contribution in [2.75, 3.05) is 0 Å². The molecule has 0 heterocycles. The molecule has 0 aromatic heterocycles. The van der Waals surface area contributed by atoms with Gasteiger partial charge in [-0.1, -0.05) is 78.6 Å². The maximum Gasteiger partial charge on any atom is 0.0379 e. The normalized spacial score (nSPS) is 7.20. The summed E-state index contributed by atoms with van der Waals surface area (Å²) >= 11 is 0. The van der Waals surface area contributed by atoms with Gasteiger partial charge in [0.25, 0.3) is 0 Å². The van der Waals surface area contributed by atoms with Gasteiger partial charge in [-0.3, -0.25) is 0 Å². The molecule has 8 heteroatoms. The number of hydrogen-bond donors (Lipinski definition) is 0. The molecule has 0 nitrogen and oxygen atoms in total. The van der Waals surface area contributed by atoms with Crippen LogP contribution >= 0.6 is 0 Å². The van der Waals surface area contributed by atoms with Crippen molar-refractivity contribution in [3.63, 3.8) is 0 Å². The van der Waals surface area contributed by atoms with Gasteiger partial charge in [0.2, 0.25) is 0 Å². The van der Waals surface area contributed by atoms with Gasteiger partial charge in [0.05, 0.1) is 0 Å². The Morgan fingerprint density at radius 3 is 0.300 bits per heavy atom. The fraction of sp³-hybridized carbons (Fsp3) is 1.00. The van der Waals surface area contributed by atoms with Gasteiger partial charge in [0.1, 0.15) is 0 Å². The predicted octanol–water partition coefficient (Wildman–Crippen LogP) is 3.96. The molecule has 0 spiro atoms. The van der Waals surface area contributed by atoms with Crippen LogP contribution in [0.3, 0.4) is 0 Å². The molecule has 0 bridgehead atoms. The topological polar surface area (TPSA) is 0 Å². The molecule has 0 aliphatic heterocycles. The zero-order chi connectivity index (χ0) is 14.3. The first-order chi connectivity index (χ1) is 6.93. The summed E-state index contributed by atoms with van der Waals surface area (Å²) in [6, 6.07) is 0. The standard InChI is InChI=1S/4C3H9Si.2Ge.2K/c4*1-4(2)3;;;;/h4*1-3H3;;;;. The molecule has 0 saturated carbocycles. The van der Waals surface area contributed by atoms with E-state index in [2.05, 4.69) is 78.6 Å². The van der Waals surface area contributed by atoms with Crippen molar-refractivity contribution in [1.82, 2.24) is 0 Å². The second-order valence-electron chi connectivity index (χ2n) is 6.00. The molecule has 20 heavy (non-hydrogen) atoms. The van der Waals surface area contributed by atoms with E-state index in [4.69, 9.17) is 0 Å². The predicted molar refractivity (Wildman–Crippen MR) is 116 cm³/mol. The Balaban J connectivity index is -0.0000000150. The molecule has 0 N–H and O–H groups in total. The van der Waals surface area contributed by atoms with Crippen LogP contribution in [0.4, 0.5) is 0 Å². The minimum atomic E-state index is 0. The van der Waals surface area contributed by atoms with E-state index in [-0.39, 0.29) is 173 Å². The van der Waals surface area contributed by atoms with Crippen LogP contribution in [0.5, 0.6) is 0 Å². The van der Waals surface area contributed by atoms with Gasteiger partial charge in [-0.15, -0.1) is 0 Å². The van der Waals surface area contributed by atoms with Crippen LogP contribution in [0.1, 0.15) is 0 Å². The summed E-state index contributed by atoms with van der Waals surface area (Å²) in [6.45, 7) is 27.2. The molecular formula is C12H36Ge2K2Si4. The van der Waals surface area contributed by atoms with Crippen LogP contribution in [0, 0.1) is 0 Å². The summed E-state index contributed by atoms with van der Waals surface area (Å²) in [6.07, 6.45) is 0. The molecule has 110 valence electrons. The van der Waals surface area contributed by atoms with Gasteiger partial charge < -0.3 is 0 Å². The molecule has 0 aliphatic rings. The van der Waals surface area contributed by atoms with E-state index in [1.54, 1.807) is 0 Å². The molecule has 0 fully saturated rings. The summed E-state index contributed by atoms with van der Waals surface area (Å²) < 4.78 is 0. The fourth-order valence-electron chi connectivity index (χ4n) is 0. The minimum Gasteiger partial charge on any atom is -0.0715 e. The molecule has 0 atom stereocenters. The van der Waals surface area contributed by atoms with E-state index in [0.29, 0.717) is 0 Å². The molecule has 0 saturated heterocycles. The van der Waals surface area contributed by atoms with E-state index in [9.17, 15) is 0 Å². The van der Waals surface area contributed by atoms with Gasteiger partial charge in [0, 0.05) is 173 Å². The first kappa shape index (κ1) is 49.9. The van der Waals surface area contributed by atoms with E-state index in [0.717, 1.165) is 0 Å². The van der Waals surface area contributed by atoms with Crippen LogP contribution < -0.4 is 0 Å². The van der Waals surface area contributed by atoms with Crippen LogP contribution in [0.25, 0.3) is 0 Å². The SMILES string of the molecule is C[Si](C)C.C[Si](C)C.C[Si](C)C.C[Si](C)C.[Ge].[Ge].[K].[K]. The van der Waals surface area contributed by atoms with Crippen molar-refractivity contribution in [3.8, 4) is 0 Å². The Labute approximate surface area is 246 Å². The van der Waals surface area contributed by atoms with Crippen molar-refractivity contribution < 1.29 is 0 Å². The van der Waals surface area contributed by atoms with E-state index < -0.39 is 0 Å². The molecule has 0 amide bonds. The molecule has 0 aliphatic carbocycles. The summed E-state index contributed by atoms with van der Waals surface area (Å²) in [7, 11) is 0.481. The van der Waals surface area contributed by atoms with Crippen molar-refractivity contribution >= 4 is 173 Å². The van der Waals surface area contributed by atoms with E-state index in [1.807, 2.05) is 0 Å². The first-order valence-electron chi connectivity index (χ1n) is 6.00. The minimum absolute atomic E-state index is 0. The van der Waals surface area contributed by atoms with Gasteiger partial charge in [-0.05, 0) is 0 Å². The summed E-state index contributed by atoms with van der Waals surface area (Å²) in [5.41, 5.74) is 0. The molecule has 0 aromatic rings. The van der Waals surface area contributed by atoms with Crippen LogP contribution in [-0.4, -0.2) is 173 Å². The third-order valence-corrected chi connectivity index (χ3v) is 0. The van der Waals surface area contributed by atoms with Crippen LogP contribution in [0.2, 0.25) is 78.6 Å². The van der Waals surface area contributed by atoms with Crippen LogP contribution in [-0.2, 0) is 0 Å². The first-order valence-corrected chi connectivity index (χ1v) is 18.0. The average molecular weight is 516 g/mol. The monoisotopic (exact) mass is 518 g/mol. The summed E-state index contributed by atoms with van der Waals surface area (Å²) in [4.78, 5) is 0. The Hall–Kier alpha value is 5.23. The maximum atomic E-state index is 2.27. The average Bonchev–Trinajstić information content (AvgIpc) is 1.76. The smallest absolute Gasteiger partial charge is 0.0379 e. The van der Waals surface area contributed by atoms with E-state index in [1.165, 1.54) is 0 Å². The Bertz CT molecular complexity index is 74.4. The molecule has 0 unspecified atom stereocenters. The maximum absolute atomic E-state index is 2.27. The second kappa shape index (κ2) is 44.0. The fourth-order valence-corrected chi connectivity index (χ4v) is 0. The Morgan fingerprint density at radius 2 is 0.300 bits per heavy atom. The van der Waals surface area contributed by atoms with Gasteiger partial charge in [0.15, 0.2) is 0 Å². The molecule has 14 radical (unpaired) electrons. The second-order valence-corrected chi connectivity index (χ2v) is 18.0. The quantitative estimate of drug-likeness (QED) is 0.428. The molecular weight excluding hydrogens is 480 g/mol.